The summed E-state index contributed by atoms with van der Waals surface area (Å²) in [5, 5.41) is 9.12. The molecule has 0 aliphatic heterocycles. The molecule has 0 heterocycles. The molecule has 2 aromatic rings. The molecular weight excluding hydrogens is 331 g/mol. The van der Waals surface area contributed by atoms with Gasteiger partial charge in [-0.3, -0.25) is 0 Å². The van der Waals surface area contributed by atoms with Gasteiger partial charge in [-0.15, -0.1) is 0 Å². The highest BCUT2D eigenvalue weighted by molar-refractivity contribution is 9.10. The van der Waals surface area contributed by atoms with Crippen LogP contribution in [0.1, 0.15) is 10.4 Å². The topological polar surface area (TPSA) is 55.8 Å². The molecule has 4 nitrogen and oxygen atoms in total. The maximum atomic E-state index is 13.2. The molecule has 0 aromatic heterocycles. The molecule has 0 radical (unpaired) electrons. The van der Waals surface area contributed by atoms with E-state index in [0.717, 1.165) is 6.07 Å². The number of halogens is 2. The van der Waals surface area contributed by atoms with E-state index in [0.29, 0.717) is 10.2 Å². The molecular formula is C14H10BrFO4. The summed E-state index contributed by atoms with van der Waals surface area (Å²) in [5.41, 5.74) is -0.0399. The van der Waals surface area contributed by atoms with Crippen molar-refractivity contribution in [1.29, 1.82) is 0 Å². The van der Waals surface area contributed by atoms with Crippen molar-refractivity contribution in [1.82, 2.24) is 0 Å². The van der Waals surface area contributed by atoms with Crippen LogP contribution in [-0.2, 0) is 0 Å². The van der Waals surface area contributed by atoms with Crippen molar-refractivity contribution in [3.8, 4) is 17.2 Å². The number of aromatic carboxylic acids is 1. The van der Waals surface area contributed by atoms with E-state index in [9.17, 15) is 9.18 Å². The first-order chi connectivity index (χ1) is 9.51. The fraction of sp³-hybridized carbons (Fsp3) is 0.0714. The van der Waals surface area contributed by atoms with Crippen LogP contribution >= 0.6 is 15.9 Å². The largest absolute Gasteiger partial charge is 0.497 e. The second-order valence-electron chi connectivity index (χ2n) is 3.84. The van der Waals surface area contributed by atoms with Gasteiger partial charge in [0.1, 0.15) is 28.6 Å². The van der Waals surface area contributed by atoms with E-state index >= 15 is 0 Å². The molecule has 0 saturated carbocycles. The number of hydrogen-bond donors (Lipinski definition) is 1. The van der Waals surface area contributed by atoms with Crippen LogP contribution in [0.4, 0.5) is 4.39 Å². The molecule has 2 aromatic carbocycles. The molecule has 0 bridgehead atoms. The van der Waals surface area contributed by atoms with Crippen molar-refractivity contribution in [3.05, 3.63) is 52.3 Å². The minimum Gasteiger partial charge on any atom is -0.497 e. The minimum atomic E-state index is -1.14. The molecule has 104 valence electrons. The number of methoxy groups -OCH3 is 1. The van der Waals surface area contributed by atoms with Crippen molar-refractivity contribution in [2.45, 2.75) is 0 Å². The van der Waals surface area contributed by atoms with E-state index in [1.54, 1.807) is 0 Å². The van der Waals surface area contributed by atoms with Gasteiger partial charge in [-0.05, 0) is 40.2 Å². The lowest BCUT2D eigenvalue weighted by Crippen LogP contribution is -2.01. The van der Waals surface area contributed by atoms with Crippen LogP contribution in [0.25, 0.3) is 0 Å². The predicted molar refractivity (Wildman–Crippen MR) is 74.1 cm³/mol. The van der Waals surface area contributed by atoms with Gasteiger partial charge in [0, 0.05) is 12.1 Å². The Hall–Kier alpha value is -2.08. The van der Waals surface area contributed by atoms with E-state index < -0.39 is 11.8 Å². The van der Waals surface area contributed by atoms with Crippen LogP contribution in [-0.4, -0.2) is 18.2 Å². The van der Waals surface area contributed by atoms with Gasteiger partial charge in [-0.1, -0.05) is 0 Å². The minimum absolute atomic E-state index is 0.0399. The lowest BCUT2D eigenvalue weighted by atomic mass is 10.2. The van der Waals surface area contributed by atoms with E-state index in [1.165, 1.54) is 37.4 Å². The first-order valence-corrected chi connectivity index (χ1v) is 6.35. The first-order valence-electron chi connectivity index (χ1n) is 5.55. The van der Waals surface area contributed by atoms with Crippen molar-refractivity contribution in [2.24, 2.45) is 0 Å². The summed E-state index contributed by atoms with van der Waals surface area (Å²) < 4.78 is 24.2. The van der Waals surface area contributed by atoms with Crippen LogP contribution in [0.3, 0.4) is 0 Å². The first kappa shape index (κ1) is 14.3. The number of carbonyl (C=O) groups is 1. The van der Waals surface area contributed by atoms with Gasteiger partial charge in [0.2, 0.25) is 0 Å². The Kier molecular flexibility index (Phi) is 4.24. The average molecular weight is 341 g/mol. The van der Waals surface area contributed by atoms with Crippen molar-refractivity contribution in [2.75, 3.05) is 7.11 Å². The fourth-order valence-corrected chi connectivity index (χ4v) is 1.89. The Morgan fingerprint density at radius 2 is 1.95 bits per heavy atom. The van der Waals surface area contributed by atoms with E-state index in [-0.39, 0.29) is 17.1 Å². The standard InChI is InChI=1S/C14H10BrFO4/c1-19-9-3-4-10(14(17)18)12(7-9)20-13-6-8(16)2-5-11(13)15/h2-7H,1H3,(H,17,18). The summed E-state index contributed by atoms with van der Waals surface area (Å²) in [4.78, 5) is 11.2. The molecule has 0 atom stereocenters. The molecule has 2 rings (SSSR count). The van der Waals surface area contributed by atoms with Crippen molar-refractivity contribution in [3.63, 3.8) is 0 Å². The summed E-state index contributed by atoms with van der Waals surface area (Å²) in [6.45, 7) is 0. The molecule has 0 unspecified atom stereocenters. The number of carboxylic acid groups (broad SMARTS) is 1. The predicted octanol–water partition coefficient (Wildman–Crippen LogP) is 4.09. The third-order valence-electron chi connectivity index (χ3n) is 2.53. The quantitative estimate of drug-likeness (QED) is 0.910. The van der Waals surface area contributed by atoms with Crippen LogP contribution < -0.4 is 9.47 Å². The summed E-state index contributed by atoms with van der Waals surface area (Å²) in [6.07, 6.45) is 0. The van der Waals surface area contributed by atoms with Gasteiger partial charge in [0.25, 0.3) is 0 Å². The lowest BCUT2D eigenvalue weighted by molar-refractivity contribution is 0.0694. The van der Waals surface area contributed by atoms with Crippen LogP contribution in [0.15, 0.2) is 40.9 Å². The van der Waals surface area contributed by atoms with Crippen molar-refractivity contribution < 1.29 is 23.8 Å². The van der Waals surface area contributed by atoms with E-state index in [4.69, 9.17) is 14.6 Å². The molecule has 6 heteroatoms. The van der Waals surface area contributed by atoms with Gasteiger partial charge in [0.15, 0.2) is 0 Å². The van der Waals surface area contributed by atoms with Gasteiger partial charge < -0.3 is 14.6 Å². The van der Waals surface area contributed by atoms with Gasteiger partial charge in [-0.25, -0.2) is 9.18 Å². The smallest absolute Gasteiger partial charge is 0.339 e. The number of ether oxygens (including phenoxy) is 2. The van der Waals surface area contributed by atoms with Crippen LogP contribution in [0.5, 0.6) is 17.2 Å². The second kappa shape index (κ2) is 5.92. The normalized spacial score (nSPS) is 10.2. The summed E-state index contributed by atoms with van der Waals surface area (Å²) >= 11 is 3.21. The Labute approximate surface area is 122 Å². The molecule has 0 aliphatic rings. The van der Waals surface area contributed by atoms with Gasteiger partial charge >= 0.3 is 5.97 Å². The molecule has 0 saturated heterocycles. The average Bonchev–Trinajstić information content (AvgIpc) is 2.42. The molecule has 20 heavy (non-hydrogen) atoms. The summed E-state index contributed by atoms with van der Waals surface area (Å²) in [5.74, 6) is -0.931. The number of benzene rings is 2. The highest BCUT2D eigenvalue weighted by Gasteiger charge is 2.15. The SMILES string of the molecule is COc1ccc(C(=O)O)c(Oc2cc(F)ccc2Br)c1. The zero-order valence-electron chi connectivity index (χ0n) is 10.4. The molecule has 0 fully saturated rings. The third kappa shape index (κ3) is 3.08. The molecule has 0 aliphatic carbocycles. The van der Waals surface area contributed by atoms with E-state index in [1.807, 2.05) is 0 Å². The van der Waals surface area contributed by atoms with E-state index in [2.05, 4.69) is 15.9 Å². The lowest BCUT2D eigenvalue weighted by Gasteiger charge is -2.11. The van der Waals surface area contributed by atoms with Crippen LogP contribution in [0, 0.1) is 5.82 Å². The number of rotatable bonds is 4. The zero-order valence-corrected chi connectivity index (χ0v) is 12.0. The summed E-state index contributed by atoms with van der Waals surface area (Å²) in [7, 11) is 1.46. The Bertz CT molecular complexity index is 658. The Balaban J connectivity index is 2.45. The fourth-order valence-electron chi connectivity index (χ4n) is 1.56. The van der Waals surface area contributed by atoms with Crippen LogP contribution in [0.2, 0.25) is 0 Å². The maximum Gasteiger partial charge on any atom is 0.339 e. The van der Waals surface area contributed by atoms with Crippen molar-refractivity contribution >= 4 is 21.9 Å². The molecule has 0 amide bonds. The van der Waals surface area contributed by atoms with Gasteiger partial charge in [0.05, 0.1) is 11.6 Å². The number of carboxylic acids is 1. The molecule has 1 N–H and O–H groups in total. The Morgan fingerprint density at radius 1 is 1.20 bits per heavy atom. The highest BCUT2D eigenvalue weighted by atomic mass is 79.9. The molecule has 0 spiro atoms. The highest BCUT2D eigenvalue weighted by Crippen LogP contribution is 2.34. The maximum absolute atomic E-state index is 13.2. The Morgan fingerprint density at radius 3 is 2.60 bits per heavy atom. The third-order valence-corrected chi connectivity index (χ3v) is 3.19. The van der Waals surface area contributed by atoms with Gasteiger partial charge in [-0.2, -0.15) is 0 Å². The summed E-state index contributed by atoms with van der Waals surface area (Å²) in [6, 6.07) is 8.21. The number of hydrogen-bond acceptors (Lipinski definition) is 3. The monoisotopic (exact) mass is 340 g/mol. The zero-order chi connectivity index (χ0) is 14.7. The second-order valence-corrected chi connectivity index (χ2v) is 4.70.